The lowest BCUT2D eigenvalue weighted by atomic mass is 10.1. The minimum Gasteiger partial charge on any atom is -0.380 e. The van der Waals surface area contributed by atoms with Crippen LogP contribution in [-0.2, 0) is 11.2 Å². The van der Waals surface area contributed by atoms with Gasteiger partial charge in [0.1, 0.15) is 5.82 Å². The Morgan fingerprint density at radius 1 is 1.21 bits per heavy atom. The summed E-state index contributed by atoms with van der Waals surface area (Å²) in [4.78, 5) is 4.28. The second-order valence-electron chi connectivity index (χ2n) is 7.74. The molecule has 168 valence electrons. The van der Waals surface area contributed by atoms with E-state index in [1.807, 2.05) is 0 Å². The van der Waals surface area contributed by atoms with Crippen molar-refractivity contribution in [1.82, 2.24) is 25.4 Å². The molecule has 1 saturated carbocycles. The minimum atomic E-state index is 0. The van der Waals surface area contributed by atoms with Crippen LogP contribution in [0.1, 0.15) is 64.2 Å². The first kappa shape index (κ1) is 26.5. The number of ether oxygens (including phenoxy) is 1. The summed E-state index contributed by atoms with van der Waals surface area (Å²) in [5.74, 6) is 2.64. The third-order valence-electron chi connectivity index (χ3n) is 5.08. The molecule has 29 heavy (non-hydrogen) atoms. The van der Waals surface area contributed by atoms with Crippen molar-refractivity contribution in [2.24, 2.45) is 10.9 Å². The van der Waals surface area contributed by atoms with Gasteiger partial charge in [-0.1, -0.05) is 38.5 Å². The Kier molecular flexibility index (Phi) is 14.0. The molecule has 0 spiro atoms. The molecule has 1 aromatic heterocycles. The van der Waals surface area contributed by atoms with E-state index in [2.05, 4.69) is 50.5 Å². The van der Waals surface area contributed by atoms with Crippen LogP contribution in [0.3, 0.4) is 0 Å². The molecular formula is C20H39IN6OS. The van der Waals surface area contributed by atoms with Crippen LogP contribution in [0, 0.1) is 5.92 Å². The number of nitrogens with one attached hydrogen (secondary N) is 2. The highest BCUT2D eigenvalue weighted by atomic mass is 127. The van der Waals surface area contributed by atoms with E-state index in [1.165, 1.54) is 25.7 Å². The van der Waals surface area contributed by atoms with Crippen LogP contribution < -0.4 is 10.6 Å². The van der Waals surface area contributed by atoms with E-state index >= 15 is 0 Å². The third kappa shape index (κ3) is 9.42. The van der Waals surface area contributed by atoms with Gasteiger partial charge in [-0.2, -0.15) is 0 Å². The maximum Gasteiger partial charge on any atom is 0.191 e. The smallest absolute Gasteiger partial charge is 0.191 e. The van der Waals surface area contributed by atoms with Gasteiger partial charge in [0.15, 0.2) is 11.1 Å². The predicted octanol–water partition coefficient (Wildman–Crippen LogP) is 3.89. The summed E-state index contributed by atoms with van der Waals surface area (Å²) in [6, 6.07) is 0.588. The van der Waals surface area contributed by atoms with Gasteiger partial charge in [-0.05, 0) is 37.9 Å². The summed E-state index contributed by atoms with van der Waals surface area (Å²) in [5.41, 5.74) is 0. The highest BCUT2D eigenvalue weighted by Crippen LogP contribution is 2.33. The monoisotopic (exact) mass is 538 g/mol. The van der Waals surface area contributed by atoms with Crippen molar-refractivity contribution in [3.05, 3.63) is 5.82 Å². The molecule has 0 aromatic carbocycles. The lowest BCUT2D eigenvalue weighted by Gasteiger charge is -2.16. The Labute approximate surface area is 197 Å². The van der Waals surface area contributed by atoms with Crippen LogP contribution in [0.4, 0.5) is 0 Å². The van der Waals surface area contributed by atoms with Gasteiger partial charge in [-0.25, -0.2) is 0 Å². The number of rotatable bonds is 12. The largest absolute Gasteiger partial charge is 0.380 e. The highest BCUT2D eigenvalue weighted by molar-refractivity contribution is 14.0. The number of thioether (sulfide) groups is 1. The van der Waals surface area contributed by atoms with E-state index < -0.39 is 0 Å². The van der Waals surface area contributed by atoms with Crippen molar-refractivity contribution in [3.8, 4) is 0 Å². The first-order valence-corrected chi connectivity index (χ1v) is 11.9. The van der Waals surface area contributed by atoms with E-state index in [9.17, 15) is 0 Å². The maximum atomic E-state index is 5.63. The molecule has 1 heterocycles. The van der Waals surface area contributed by atoms with Crippen molar-refractivity contribution < 1.29 is 4.74 Å². The summed E-state index contributed by atoms with van der Waals surface area (Å²) in [7, 11) is 1.80. The van der Waals surface area contributed by atoms with Crippen molar-refractivity contribution in [2.75, 3.05) is 39.6 Å². The molecule has 9 heteroatoms. The first-order chi connectivity index (χ1) is 13.7. The SMILES string of the molecule is CN=C(NCCCc1nnc(SC)n1C1CCCC1)NCCOCCC(C)C.I. The maximum absolute atomic E-state index is 5.63. The Morgan fingerprint density at radius 3 is 2.59 bits per heavy atom. The molecule has 7 nitrogen and oxygen atoms in total. The van der Waals surface area contributed by atoms with Crippen molar-refractivity contribution in [3.63, 3.8) is 0 Å². The Bertz CT molecular complexity index is 590. The molecule has 0 radical (unpaired) electrons. The van der Waals surface area contributed by atoms with Crippen molar-refractivity contribution in [2.45, 2.75) is 70.0 Å². The number of hydrogen-bond acceptors (Lipinski definition) is 5. The van der Waals surface area contributed by atoms with Gasteiger partial charge < -0.3 is 19.9 Å². The standard InChI is InChI=1S/C20H38N6OS.HI/c1-16(2)11-14-27-15-13-23-19(21-3)22-12-7-10-18-24-25-20(28-4)26(18)17-8-5-6-9-17;/h16-17H,5-15H2,1-4H3,(H2,21,22,23);1H. The second kappa shape index (κ2) is 15.3. The van der Waals surface area contributed by atoms with Crippen LogP contribution in [-0.4, -0.2) is 60.3 Å². The number of guanidine groups is 1. The zero-order valence-corrected chi connectivity index (χ0v) is 21.6. The average molecular weight is 539 g/mol. The quantitative estimate of drug-likeness (QED) is 0.138. The number of nitrogens with zero attached hydrogens (tertiary/aromatic N) is 4. The number of aliphatic imine (C=N–C) groups is 1. The summed E-state index contributed by atoms with van der Waals surface area (Å²) in [5, 5.41) is 16.6. The molecule has 2 N–H and O–H groups in total. The normalized spacial score (nSPS) is 15.0. The number of halogens is 1. The minimum absolute atomic E-state index is 0. The molecule has 0 amide bonds. The Hall–Kier alpha value is -0.550. The van der Waals surface area contributed by atoms with Gasteiger partial charge in [-0.3, -0.25) is 4.99 Å². The first-order valence-electron chi connectivity index (χ1n) is 10.7. The summed E-state index contributed by atoms with van der Waals surface area (Å²) < 4.78 is 8.02. The van der Waals surface area contributed by atoms with Crippen molar-refractivity contribution >= 4 is 41.7 Å². The van der Waals surface area contributed by atoms with Crippen LogP contribution >= 0.6 is 35.7 Å². The average Bonchev–Trinajstić information content (AvgIpc) is 3.34. The van der Waals surface area contributed by atoms with E-state index in [0.717, 1.165) is 55.9 Å². The summed E-state index contributed by atoms with van der Waals surface area (Å²) in [6.45, 7) is 7.59. The molecule has 0 bridgehead atoms. The molecule has 2 rings (SSSR count). The number of hydrogen-bond donors (Lipinski definition) is 2. The van der Waals surface area contributed by atoms with Gasteiger partial charge in [0, 0.05) is 39.2 Å². The van der Waals surface area contributed by atoms with Crippen LogP contribution in [0.15, 0.2) is 10.1 Å². The lowest BCUT2D eigenvalue weighted by molar-refractivity contribution is 0.128. The van der Waals surface area contributed by atoms with Crippen LogP contribution in [0.2, 0.25) is 0 Å². The number of aromatic nitrogens is 3. The Morgan fingerprint density at radius 2 is 1.93 bits per heavy atom. The van der Waals surface area contributed by atoms with Crippen LogP contribution in [0.5, 0.6) is 0 Å². The zero-order valence-electron chi connectivity index (χ0n) is 18.4. The molecule has 1 fully saturated rings. The fourth-order valence-electron chi connectivity index (χ4n) is 3.48. The molecule has 0 aliphatic heterocycles. The molecular weight excluding hydrogens is 499 g/mol. The fraction of sp³-hybridized carbons (Fsp3) is 0.850. The molecule has 1 aromatic rings. The molecule has 0 unspecified atom stereocenters. The van der Waals surface area contributed by atoms with Gasteiger partial charge in [0.05, 0.1) is 6.61 Å². The van der Waals surface area contributed by atoms with Gasteiger partial charge in [0.2, 0.25) is 0 Å². The molecule has 1 aliphatic rings. The van der Waals surface area contributed by atoms with Crippen LogP contribution in [0.25, 0.3) is 0 Å². The highest BCUT2D eigenvalue weighted by Gasteiger charge is 2.23. The lowest BCUT2D eigenvalue weighted by Crippen LogP contribution is -2.39. The predicted molar refractivity (Wildman–Crippen MR) is 133 cm³/mol. The van der Waals surface area contributed by atoms with E-state index in [0.29, 0.717) is 18.6 Å². The third-order valence-corrected chi connectivity index (χ3v) is 5.72. The molecule has 0 saturated heterocycles. The van der Waals surface area contributed by atoms with E-state index in [4.69, 9.17) is 4.74 Å². The van der Waals surface area contributed by atoms with E-state index in [1.54, 1.807) is 18.8 Å². The summed E-state index contributed by atoms with van der Waals surface area (Å²) in [6.07, 6.45) is 10.3. The fourth-order valence-corrected chi connectivity index (χ4v) is 4.06. The molecule has 0 atom stereocenters. The molecule has 1 aliphatic carbocycles. The number of aryl methyl sites for hydroxylation is 1. The van der Waals surface area contributed by atoms with Gasteiger partial charge in [0.25, 0.3) is 0 Å². The van der Waals surface area contributed by atoms with Gasteiger partial charge >= 0.3 is 0 Å². The van der Waals surface area contributed by atoms with E-state index in [-0.39, 0.29) is 24.0 Å². The zero-order chi connectivity index (χ0) is 20.2. The second-order valence-corrected chi connectivity index (χ2v) is 8.51. The summed E-state index contributed by atoms with van der Waals surface area (Å²) >= 11 is 1.70. The van der Waals surface area contributed by atoms with Crippen molar-refractivity contribution in [1.29, 1.82) is 0 Å². The Balaban J connectivity index is 0.00000420. The topological polar surface area (TPSA) is 76.4 Å². The van der Waals surface area contributed by atoms with Gasteiger partial charge in [-0.15, -0.1) is 34.2 Å².